The molecule has 0 aromatic heterocycles. The molecule has 0 unspecified atom stereocenters. The van der Waals surface area contributed by atoms with Crippen molar-refractivity contribution >= 4 is 21.6 Å². The van der Waals surface area contributed by atoms with Crippen LogP contribution in [0.5, 0.6) is 5.75 Å². The van der Waals surface area contributed by atoms with E-state index in [0.29, 0.717) is 11.3 Å². The molecule has 4 nitrogen and oxygen atoms in total. The molecule has 2 aromatic carbocycles. The standard InChI is InChI=1S/C16H14BrFN2O2/c17-15-7-11(8-19)1-6-16(15)20-9-13(21)10-22-14-4-2-12(18)3-5-14/h1-7,13,20-21H,9-10H2/t13-/m1/s1. The maximum Gasteiger partial charge on any atom is 0.123 e. The van der Waals surface area contributed by atoms with Crippen molar-refractivity contribution < 1.29 is 14.2 Å². The molecule has 0 saturated carbocycles. The topological polar surface area (TPSA) is 65.3 Å². The van der Waals surface area contributed by atoms with Gasteiger partial charge in [-0.2, -0.15) is 5.26 Å². The Morgan fingerprint density at radius 3 is 2.64 bits per heavy atom. The first-order chi connectivity index (χ1) is 10.6. The molecular weight excluding hydrogens is 351 g/mol. The van der Waals surface area contributed by atoms with Crippen molar-refractivity contribution in [3.8, 4) is 11.8 Å². The Labute approximate surface area is 136 Å². The van der Waals surface area contributed by atoms with E-state index in [0.717, 1.165) is 10.2 Å². The molecule has 0 aliphatic heterocycles. The minimum atomic E-state index is -0.729. The molecule has 6 heteroatoms. The summed E-state index contributed by atoms with van der Waals surface area (Å²) in [5.41, 5.74) is 1.33. The summed E-state index contributed by atoms with van der Waals surface area (Å²) in [6.45, 7) is 0.373. The third-order valence-corrected chi connectivity index (χ3v) is 3.54. The van der Waals surface area contributed by atoms with Gasteiger partial charge >= 0.3 is 0 Å². The van der Waals surface area contributed by atoms with Crippen molar-refractivity contribution in [2.24, 2.45) is 0 Å². The molecule has 0 spiro atoms. The molecule has 0 fully saturated rings. The highest BCUT2D eigenvalue weighted by molar-refractivity contribution is 9.10. The number of aliphatic hydroxyl groups is 1. The number of ether oxygens (including phenoxy) is 1. The Morgan fingerprint density at radius 1 is 1.27 bits per heavy atom. The van der Waals surface area contributed by atoms with E-state index in [2.05, 4.69) is 21.2 Å². The number of halogens is 2. The van der Waals surface area contributed by atoms with Crippen molar-refractivity contribution in [1.82, 2.24) is 0 Å². The SMILES string of the molecule is N#Cc1ccc(NC[C@@H](O)COc2ccc(F)cc2)c(Br)c1. The molecule has 0 amide bonds. The first-order valence-electron chi connectivity index (χ1n) is 6.58. The Balaban J connectivity index is 1.81. The number of rotatable bonds is 6. The summed E-state index contributed by atoms with van der Waals surface area (Å²) in [5.74, 6) is 0.167. The number of aliphatic hydroxyl groups excluding tert-OH is 1. The Hall–Kier alpha value is -2.10. The van der Waals surface area contributed by atoms with Crippen LogP contribution < -0.4 is 10.1 Å². The largest absolute Gasteiger partial charge is 0.491 e. The predicted octanol–water partition coefficient (Wildman–Crippen LogP) is 3.31. The van der Waals surface area contributed by atoms with Crippen LogP contribution in [0.15, 0.2) is 46.9 Å². The average Bonchev–Trinajstić information content (AvgIpc) is 2.53. The fourth-order valence-corrected chi connectivity index (χ4v) is 2.26. The van der Waals surface area contributed by atoms with Gasteiger partial charge in [0.2, 0.25) is 0 Å². The monoisotopic (exact) mass is 364 g/mol. The zero-order valence-electron chi connectivity index (χ0n) is 11.6. The van der Waals surface area contributed by atoms with Gasteiger partial charge in [0.15, 0.2) is 0 Å². The Bertz CT molecular complexity index is 671. The van der Waals surface area contributed by atoms with Crippen LogP contribution in [-0.2, 0) is 0 Å². The Kier molecular flexibility index (Phi) is 5.75. The van der Waals surface area contributed by atoms with Crippen molar-refractivity contribution in [1.29, 1.82) is 5.26 Å². The minimum Gasteiger partial charge on any atom is -0.491 e. The lowest BCUT2D eigenvalue weighted by Crippen LogP contribution is -2.26. The van der Waals surface area contributed by atoms with E-state index in [1.54, 1.807) is 18.2 Å². The van der Waals surface area contributed by atoms with Crippen molar-refractivity contribution in [3.05, 3.63) is 58.3 Å². The van der Waals surface area contributed by atoms with Crippen molar-refractivity contribution in [3.63, 3.8) is 0 Å². The zero-order chi connectivity index (χ0) is 15.9. The van der Waals surface area contributed by atoms with Gasteiger partial charge in [0.1, 0.15) is 24.3 Å². The lowest BCUT2D eigenvalue weighted by atomic mass is 10.2. The molecule has 1 atom stereocenters. The molecule has 0 aliphatic carbocycles. The van der Waals surface area contributed by atoms with Crippen LogP contribution in [-0.4, -0.2) is 24.4 Å². The molecule has 0 aliphatic rings. The van der Waals surface area contributed by atoms with E-state index >= 15 is 0 Å². The first-order valence-corrected chi connectivity index (χ1v) is 7.38. The number of benzene rings is 2. The molecule has 22 heavy (non-hydrogen) atoms. The van der Waals surface area contributed by atoms with Gasteiger partial charge in [0.05, 0.1) is 11.6 Å². The van der Waals surface area contributed by atoms with Crippen molar-refractivity contribution in [2.75, 3.05) is 18.5 Å². The van der Waals surface area contributed by atoms with Crippen LogP contribution in [0.3, 0.4) is 0 Å². The van der Waals surface area contributed by atoms with Crippen LogP contribution in [0, 0.1) is 17.1 Å². The summed E-state index contributed by atoms with van der Waals surface area (Å²) in [5, 5.41) is 21.7. The van der Waals surface area contributed by atoms with E-state index < -0.39 is 6.10 Å². The van der Waals surface area contributed by atoms with Crippen LogP contribution in [0.25, 0.3) is 0 Å². The molecule has 0 saturated heterocycles. The summed E-state index contributed by atoms with van der Waals surface area (Å²) in [6, 6.07) is 12.8. The normalized spacial score (nSPS) is 11.5. The van der Waals surface area contributed by atoms with Gasteiger partial charge < -0.3 is 15.2 Å². The molecular formula is C16H14BrFN2O2. The number of nitriles is 1. The first kappa shape index (κ1) is 16.3. The van der Waals surface area contributed by atoms with Crippen LogP contribution in [0.1, 0.15) is 5.56 Å². The molecule has 2 aromatic rings. The van der Waals surface area contributed by atoms with Crippen LogP contribution in [0.4, 0.5) is 10.1 Å². The van der Waals surface area contributed by atoms with Crippen LogP contribution in [0.2, 0.25) is 0 Å². The van der Waals surface area contributed by atoms with E-state index in [1.165, 1.54) is 24.3 Å². The Morgan fingerprint density at radius 2 is 2.00 bits per heavy atom. The minimum absolute atomic E-state index is 0.0898. The number of nitrogens with one attached hydrogen (secondary N) is 1. The highest BCUT2D eigenvalue weighted by Gasteiger charge is 2.07. The van der Waals surface area contributed by atoms with Gasteiger partial charge in [-0.3, -0.25) is 0 Å². The highest BCUT2D eigenvalue weighted by Crippen LogP contribution is 2.23. The second kappa shape index (κ2) is 7.78. The maximum atomic E-state index is 12.7. The van der Waals surface area contributed by atoms with Crippen LogP contribution >= 0.6 is 15.9 Å². The number of hydrogen-bond acceptors (Lipinski definition) is 4. The third kappa shape index (κ3) is 4.72. The van der Waals surface area contributed by atoms with E-state index in [1.807, 2.05) is 6.07 Å². The second-order valence-corrected chi connectivity index (χ2v) is 5.46. The summed E-state index contributed by atoms with van der Waals surface area (Å²) in [4.78, 5) is 0. The van der Waals surface area contributed by atoms with Crippen molar-refractivity contribution in [2.45, 2.75) is 6.10 Å². The maximum absolute atomic E-state index is 12.7. The number of anilines is 1. The van der Waals surface area contributed by atoms with Gasteiger partial charge in [0, 0.05) is 16.7 Å². The summed E-state index contributed by atoms with van der Waals surface area (Å²) >= 11 is 3.36. The molecule has 2 rings (SSSR count). The third-order valence-electron chi connectivity index (χ3n) is 2.88. The summed E-state index contributed by atoms with van der Waals surface area (Å²) in [6.07, 6.45) is -0.729. The fraction of sp³-hybridized carbons (Fsp3) is 0.188. The number of nitrogens with zero attached hydrogens (tertiary/aromatic N) is 1. The lowest BCUT2D eigenvalue weighted by molar-refractivity contribution is 0.117. The van der Waals surface area contributed by atoms with E-state index in [4.69, 9.17) is 10.00 Å². The molecule has 0 bridgehead atoms. The van der Waals surface area contributed by atoms with Gasteiger partial charge in [-0.05, 0) is 58.4 Å². The molecule has 2 N–H and O–H groups in total. The van der Waals surface area contributed by atoms with Gasteiger partial charge in [-0.1, -0.05) is 0 Å². The smallest absolute Gasteiger partial charge is 0.123 e. The fourth-order valence-electron chi connectivity index (χ4n) is 1.74. The van der Waals surface area contributed by atoms with E-state index in [9.17, 15) is 9.50 Å². The highest BCUT2D eigenvalue weighted by atomic mass is 79.9. The van der Waals surface area contributed by atoms with E-state index in [-0.39, 0.29) is 19.0 Å². The number of hydrogen-bond donors (Lipinski definition) is 2. The van der Waals surface area contributed by atoms with Gasteiger partial charge in [-0.15, -0.1) is 0 Å². The molecule has 0 radical (unpaired) electrons. The second-order valence-electron chi connectivity index (χ2n) is 4.61. The van der Waals surface area contributed by atoms with Gasteiger partial charge in [-0.25, -0.2) is 4.39 Å². The molecule has 114 valence electrons. The lowest BCUT2D eigenvalue weighted by Gasteiger charge is -2.15. The quantitative estimate of drug-likeness (QED) is 0.825. The molecule has 0 heterocycles. The summed E-state index contributed by atoms with van der Waals surface area (Å²) in [7, 11) is 0. The zero-order valence-corrected chi connectivity index (χ0v) is 13.2. The summed E-state index contributed by atoms with van der Waals surface area (Å²) < 4.78 is 18.9. The predicted molar refractivity (Wildman–Crippen MR) is 85.2 cm³/mol. The van der Waals surface area contributed by atoms with Gasteiger partial charge in [0.25, 0.3) is 0 Å². The average molecular weight is 365 g/mol.